The predicted octanol–water partition coefficient (Wildman–Crippen LogP) is 0.717. The Morgan fingerprint density at radius 2 is 2.06 bits per heavy atom. The maximum absolute atomic E-state index is 12.3. The molecule has 0 aromatic carbocycles. The molecule has 0 radical (unpaired) electrons. The van der Waals surface area contributed by atoms with Gasteiger partial charge in [0.15, 0.2) is 5.84 Å². The van der Waals surface area contributed by atoms with Crippen LogP contribution in [0.4, 0.5) is 0 Å². The predicted molar refractivity (Wildman–Crippen MR) is 66.4 cm³/mol. The first-order chi connectivity index (χ1) is 8.02. The van der Waals surface area contributed by atoms with Crippen LogP contribution in [0.15, 0.2) is 5.16 Å². The summed E-state index contributed by atoms with van der Waals surface area (Å²) in [4.78, 5) is 0. The van der Waals surface area contributed by atoms with Crippen LogP contribution in [0.2, 0.25) is 0 Å². The smallest absolute Gasteiger partial charge is 0.217 e. The Morgan fingerprint density at radius 1 is 1.47 bits per heavy atom. The standard InChI is InChI=1S/C10H21N3O3S/c1-2-7-13(8-10(11)12-14)17(15,16)9-5-3-4-6-9/h9,14H,2-8H2,1H3,(H2,11,12). The fourth-order valence-corrected chi connectivity index (χ4v) is 4.25. The number of sulfonamides is 1. The average molecular weight is 263 g/mol. The van der Waals surface area contributed by atoms with Crippen molar-refractivity contribution in [3.05, 3.63) is 0 Å². The van der Waals surface area contributed by atoms with Crippen molar-refractivity contribution in [3.63, 3.8) is 0 Å². The number of oxime groups is 1. The van der Waals surface area contributed by atoms with E-state index < -0.39 is 10.0 Å². The van der Waals surface area contributed by atoms with Gasteiger partial charge in [0.05, 0.1) is 11.8 Å². The van der Waals surface area contributed by atoms with E-state index in [4.69, 9.17) is 10.9 Å². The summed E-state index contributed by atoms with van der Waals surface area (Å²) in [7, 11) is -3.31. The van der Waals surface area contributed by atoms with Crippen LogP contribution in [-0.2, 0) is 10.0 Å². The van der Waals surface area contributed by atoms with Crippen molar-refractivity contribution in [2.75, 3.05) is 13.1 Å². The zero-order chi connectivity index (χ0) is 12.9. The van der Waals surface area contributed by atoms with E-state index in [2.05, 4.69) is 5.16 Å². The van der Waals surface area contributed by atoms with Gasteiger partial charge in [0, 0.05) is 6.54 Å². The molecule has 1 aliphatic rings. The van der Waals surface area contributed by atoms with Crippen LogP contribution in [-0.4, -0.2) is 42.1 Å². The van der Waals surface area contributed by atoms with E-state index in [1.165, 1.54) is 4.31 Å². The van der Waals surface area contributed by atoms with Crippen molar-refractivity contribution in [2.45, 2.75) is 44.3 Å². The summed E-state index contributed by atoms with van der Waals surface area (Å²) in [5, 5.41) is 11.1. The zero-order valence-electron chi connectivity index (χ0n) is 10.2. The molecule has 0 aliphatic heterocycles. The first kappa shape index (κ1) is 14.2. The first-order valence-electron chi connectivity index (χ1n) is 5.97. The highest BCUT2D eigenvalue weighted by Crippen LogP contribution is 2.27. The monoisotopic (exact) mass is 263 g/mol. The molecule has 1 fully saturated rings. The molecule has 3 N–H and O–H groups in total. The summed E-state index contributed by atoms with van der Waals surface area (Å²) in [5.41, 5.74) is 5.39. The number of hydrogen-bond donors (Lipinski definition) is 2. The van der Waals surface area contributed by atoms with Crippen LogP contribution in [0.5, 0.6) is 0 Å². The van der Waals surface area contributed by atoms with Crippen LogP contribution < -0.4 is 5.73 Å². The fourth-order valence-electron chi connectivity index (χ4n) is 2.16. The van der Waals surface area contributed by atoms with Gasteiger partial charge in [-0.15, -0.1) is 0 Å². The van der Waals surface area contributed by atoms with Gasteiger partial charge in [-0.1, -0.05) is 24.9 Å². The first-order valence-corrected chi connectivity index (χ1v) is 7.48. The Bertz CT molecular complexity index is 361. The van der Waals surface area contributed by atoms with E-state index in [0.717, 1.165) is 25.7 Å². The maximum Gasteiger partial charge on any atom is 0.217 e. The third-order valence-electron chi connectivity index (χ3n) is 3.02. The molecule has 1 saturated carbocycles. The van der Waals surface area contributed by atoms with E-state index in [1.807, 2.05) is 6.92 Å². The lowest BCUT2D eigenvalue weighted by Gasteiger charge is -2.24. The van der Waals surface area contributed by atoms with Gasteiger partial charge in [0.2, 0.25) is 10.0 Å². The average Bonchev–Trinajstić information content (AvgIpc) is 2.82. The molecule has 0 amide bonds. The molecule has 0 heterocycles. The van der Waals surface area contributed by atoms with E-state index in [1.54, 1.807) is 0 Å². The second kappa shape index (κ2) is 6.20. The topological polar surface area (TPSA) is 96.0 Å². The van der Waals surface area contributed by atoms with Crippen molar-refractivity contribution in [1.82, 2.24) is 4.31 Å². The van der Waals surface area contributed by atoms with Crippen LogP contribution in [0.3, 0.4) is 0 Å². The molecule has 100 valence electrons. The molecule has 0 aromatic heterocycles. The van der Waals surface area contributed by atoms with E-state index in [0.29, 0.717) is 13.0 Å². The summed E-state index contributed by atoms with van der Waals surface area (Å²) in [6.45, 7) is 2.29. The molecule has 0 aromatic rings. The Labute approximate surface area is 103 Å². The van der Waals surface area contributed by atoms with Gasteiger partial charge in [0.1, 0.15) is 0 Å². The largest absolute Gasteiger partial charge is 0.409 e. The van der Waals surface area contributed by atoms with Gasteiger partial charge in [0.25, 0.3) is 0 Å². The molecular weight excluding hydrogens is 242 g/mol. The molecule has 1 rings (SSSR count). The van der Waals surface area contributed by atoms with Crippen LogP contribution in [0, 0.1) is 0 Å². The second-order valence-corrected chi connectivity index (χ2v) is 6.59. The van der Waals surface area contributed by atoms with E-state index in [-0.39, 0.29) is 17.6 Å². The molecule has 1 aliphatic carbocycles. The summed E-state index contributed by atoms with van der Waals surface area (Å²) in [5.74, 6) is -0.0694. The van der Waals surface area contributed by atoms with Crippen LogP contribution in [0.25, 0.3) is 0 Å². The SMILES string of the molecule is CCCN(CC(N)=NO)S(=O)(=O)C1CCCC1. The molecule has 17 heavy (non-hydrogen) atoms. The molecule has 0 unspecified atom stereocenters. The minimum absolute atomic E-state index is 0.0246. The second-order valence-electron chi connectivity index (χ2n) is 4.38. The Kier molecular flexibility index (Phi) is 5.20. The third kappa shape index (κ3) is 3.57. The molecule has 0 spiro atoms. The summed E-state index contributed by atoms with van der Waals surface area (Å²) in [6.07, 6.45) is 4.09. The Hall–Kier alpha value is -0.820. The van der Waals surface area contributed by atoms with Crippen LogP contribution >= 0.6 is 0 Å². The van der Waals surface area contributed by atoms with Gasteiger partial charge in [-0.25, -0.2) is 8.42 Å². The van der Waals surface area contributed by atoms with Crippen molar-refractivity contribution in [1.29, 1.82) is 0 Å². The van der Waals surface area contributed by atoms with Crippen molar-refractivity contribution < 1.29 is 13.6 Å². The van der Waals surface area contributed by atoms with Crippen molar-refractivity contribution in [2.24, 2.45) is 10.9 Å². The number of rotatable bonds is 6. The lowest BCUT2D eigenvalue weighted by atomic mass is 10.4. The fraction of sp³-hybridized carbons (Fsp3) is 0.900. The molecule has 0 bridgehead atoms. The number of amidine groups is 1. The molecule has 0 saturated heterocycles. The lowest BCUT2D eigenvalue weighted by molar-refractivity contribution is 0.314. The normalized spacial score (nSPS) is 19.1. The molecule has 0 atom stereocenters. The quantitative estimate of drug-likeness (QED) is 0.319. The number of hydrogen-bond acceptors (Lipinski definition) is 4. The number of nitrogens with zero attached hydrogens (tertiary/aromatic N) is 2. The van der Waals surface area contributed by atoms with Gasteiger partial charge < -0.3 is 10.9 Å². The Morgan fingerprint density at radius 3 is 2.53 bits per heavy atom. The van der Waals surface area contributed by atoms with Gasteiger partial charge in [-0.3, -0.25) is 0 Å². The zero-order valence-corrected chi connectivity index (χ0v) is 11.0. The highest BCUT2D eigenvalue weighted by molar-refractivity contribution is 7.89. The third-order valence-corrected chi connectivity index (χ3v) is 5.37. The minimum Gasteiger partial charge on any atom is -0.409 e. The maximum atomic E-state index is 12.3. The molecule has 7 heteroatoms. The summed E-state index contributed by atoms with van der Waals surface area (Å²) < 4.78 is 25.9. The van der Waals surface area contributed by atoms with E-state index >= 15 is 0 Å². The van der Waals surface area contributed by atoms with Gasteiger partial charge in [-0.2, -0.15) is 4.31 Å². The highest BCUT2D eigenvalue weighted by Gasteiger charge is 2.33. The molecular formula is C10H21N3O3S. The minimum atomic E-state index is -3.31. The van der Waals surface area contributed by atoms with Crippen molar-refractivity contribution >= 4 is 15.9 Å². The Balaban J connectivity index is 2.80. The summed E-state index contributed by atoms with van der Waals surface area (Å²) >= 11 is 0. The van der Waals surface area contributed by atoms with Gasteiger partial charge >= 0.3 is 0 Å². The van der Waals surface area contributed by atoms with Crippen molar-refractivity contribution in [3.8, 4) is 0 Å². The lowest BCUT2D eigenvalue weighted by Crippen LogP contribution is -2.43. The number of nitrogens with two attached hydrogens (primary N) is 1. The highest BCUT2D eigenvalue weighted by atomic mass is 32.2. The molecule has 6 nitrogen and oxygen atoms in total. The van der Waals surface area contributed by atoms with Gasteiger partial charge in [-0.05, 0) is 19.3 Å². The summed E-state index contributed by atoms with van der Waals surface area (Å²) in [6, 6.07) is 0. The van der Waals surface area contributed by atoms with E-state index in [9.17, 15) is 8.42 Å². The van der Waals surface area contributed by atoms with Crippen LogP contribution in [0.1, 0.15) is 39.0 Å².